The minimum atomic E-state index is 0.671. The Balaban J connectivity index is 2.42. The van der Waals surface area contributed by atoms with Gasteiger partial charge in [-0.15, -0.1) is 5.73 Å². The van der Waals surface area contributed by atoms with E-state index in [-0.39, 0.29) is 0 Å². The molecule has 1 aromatic carbocycles. The van der Waals surface area contributed by atoms with Gasteiger partial charge >= 0.3 is 0 Å². The highest BCUT2D eigenvalue weighted by molar-refractivity contribution is 9.10. The zero-order valence-corrected chi connectivity index (χ0v) is 9.80. The highest BCUT2D eigenvalue weighted by Gasteiger charge is 1.94. The highest BCUT2D eigenvalue weighted by Crippen LogP contribution is 2.18. The number of hydrogen-bond donors (Lipinski definition) is 0. The van der Waals surface area contributed by atoms with Crippen LogP contribution in [0.5, 0.6) is 5.75 Å². The molecule has 0 fully saturated rings. The highest BCUT2D eigenvalue weighted by atomic mass is 79.9. The van der Waals surface area contributed by atoms with Crippen LogP contribution in [0.2, 0.25) is 0 Å². The SMILES string of the molecule is C=C=C(C)CCOc1cccc(Br)c1. The summed E-state index contributed by atoms with van der Waals surface area (Å²) in [4.78, 5) is 0. The van der Waals surface area contributed by atoms with Crippen LogP contribution < -0.4 is 4.74 Å². The predicted octanol–water partition coefficient (Wildman–Crippen LogP) is 3.95. The van der Waals surface area contributed by atoms with Gasteiger partial charge in [-0.3, -0.25) is 0 Å². The molecule has 2 heteroatoms. The van der Waals surface area contributed by atoms with Gasteiger partial charge in [0.25, 0.3) is 0 Å². The van der Waals surface area contributed by atoms with Gasteiger partial charge in [-0.05, 0) is 30.7 Å². The van der Waals surface area contributed by atoms with Gasteiger partial charge in [-0.2, -0.15) is 0 Å². The molecule has 1 nitrogen and oxygen atoms in total. The van der Waals surface area contributed by atoms with Crippen LogP contribution in [0.15, 0.2) is 46.6 Å². The van der Waals surface area contributed by atoms with Gasteiger partial charge in [-0.1, -0.05) is 28.6 Å². The van der Waals surface area contributed by atoms with Crippen LogP contribution in [0.3, 0.4) is 0 Å². The summed E-state index contributed by atoms with van der Waals surface area (Å²) >= 11 is 3.39. The van der Waals surface area contributed by atoms with Gasteiger partial charge < -0.3 is 4.74 Å². The summed E-state index contributed by atoms with van der Waals surface area (Å²) in [5.41, 5.74) is 3.96. The van der Waals surface area contributed by atoms with Crippen LogP contribution in [0.4, 0.5) is 0 Å². The predicted molar refractivity (Wildman–Crippen MR) is 62.6 cm³/mol. The molecule has 0 saturated carbocycles. The van der Waals surface area contributed by atoms with Crippen LogP contribution >= 0.6 is 15.9 Å². The van der Waals surface area contributed by atoms with Crippen LogP contribution in [-0.2, 0) is 0 Å². The third-order valence-corrected chi connectivity index (χ3v) is 2.34. The van der Waals surface area contributed by atoms with Crippen molar-refractivity contribution in [2.75, 3.05) is 6.61 Å². The lowest BCUT2D eigenvalue weighted by Crippen LogP contribution is -1.97. The number of benzene rings is 1. The first-order valence-electron chi connectivity index (χ1n) is 4.46. The third-order valence-electron chi connectivity index (χ3n) is 1.84. The van der Waals surface area contributed by atoms with Crippen molar-refractivity contribution < 1.29 is 4.74 Å². The van der Waals surface area contributed by atoms with Gasteiger partial charge in [-0.25, -0.2) is 0 Å². The van der Waals surface area contributed by atoms with E-state index in [1.807, 2.05) is 31.2 Å². The smallest absolute Gasteiger partial charge is 0.120 e. The average Bonchev–Trinajstić information content (AvgIpc) is 2.17. The lowest BCUT2D eigenvalue weighted by Gasteiger charge is -2.05. The summed E-state index contributed by atoms with van der Waals surface area (Å²) in [6.07, 6.45) is 0.871. The standard InChI is InChI=1S/C12H13BrO/c1-3-10(2)7-8-14-12-6-4-5-11(13)9-12/h4-6,9H,1,7-8H2,2H3. The van der Waals surface area contributed by atoms with Crippen molar-refractivity contribution in [3.63, 3.8) is 0 Å². The molecule has 1 rings (SSSR count). The van der Waals surface area contributed by atoms with Crippen molar-refractivity contribution in [3.05, 3.63) is 46.6 Å². The molecular weight excluding hydrogens is 240 g/mol. The number of rotatable bonds is 4. The first-order valence-corrected chi connectivity index (χ1v) is 5.25. The van der Waals surface area contributed by atoms with E-state index in [9.17, 15) is 0 Å². The zero-order chi connectivity index (χ0) is 10.4. The van der Waals surface area contributed by atoms with Crippen molar-refractivity contribution in [3.8, 4) is 5.75 Å². The molecule has 0 N–H and O–H groups in total. The lowest BCUT2D eigenvalue weighted by molar-refractivity contribution is 0.321. The third kappa shape index (κ3) is 3.82. The molecule has 0 unspecified atom stereocenters. The van der Waals surface area contributed by atoms with Crippen molar-refractivity contribution in [2.45, 2.75) is 13.3 Å². The average molecular weight is 253 g/mol. The summed E-state index contributed by atoms with van der Waals surface area (Å²) in [6.45, 7) is 6.24. The summed E-state index contributed by atoms with van der Waals surface area (Å²) < 4.78 is 6.57. The normalized spacial score (nSPS) is 9.29. The molecule has 0 radical (unpaired) electrons. The second-order valence-corrected chi connectivity index (χ2v) is 3.93. The van der Waals surface area contributed by atoms with E-state index in [4.69, 9.17) is 4.74 Å². The molecule has 74 valence electrons. The molecule has 0 spiro atoms. The largest absolute Gasteiger partial charge is 0.493 e. The second-order valence-electron chi connectivity index (χ2n) is 3.01. The van der Waals surface area contributed by atoms with Gasteiger partial charge in [0, 0.05) is 10.9 Å². The summed E-state index contributed by atoms with van der Waals surface area (Å²) in [5, 5.41) is 0. The minimum Gasteiger partial charge on any atom is -0.493 e. The van der Waals surface area contributed by atoms with E-state index >= 15 is 0 Å². The Hall–Kier alpha value is -0.980. The molecule has 0 aromatic heterocycles. The molecule has 0 amide bonds. The summed E-state index contributed by atoms with van der Waals surface area (Å²) in [7, 11) is 0. The fourth-order valence-electron chi connectivity index (χ4n) is 0.967. The molecule has 0 heterocycles. The number of halogens is 1. The monoisotopic (exact) mass is 252 g/mol. The van der Waals surface area contributed by atoms with Gasteiger partial charge in [0.05, 0.1) is 6.61 Å². The number of hydrogen-bond acceptors (Lipinski definition) is 1. The Bertz CT molecular complexity index is 351. The molecular formula is C12H13BrO. The van der Waals surface area contributed by atoms with E-state index in [1.165, 1.54) is 0 Å². The van der Waals surface area contributed by atoms with Crippen LogP contribution in [-0.4, -0.2) is 6.61 Å². The Morgan fingerprint density at radius 2 is 2.36 bits per heavy atom. The molecule has 0 aliphatic rings. The number of ether oxygens (including phenoxy) is 1. The second kappa shape index (κ2) is 5.69. The first kappa shape index (κ1) is 11.1. The van der Waals surface area contributed by atoms with E-state index in [0.717, 1.165) is 22.2 Å². The Morgan fingerprint density at radius 3 is 3.00 bits per heavy atom. The van der Waals surface area contributed by atoms with Crippen LogP contribution in [0.1, 0.15) is 13.3 Å². The molecule has 0 atom stereocenters. The Kier molecular flexibility index (Phi) is 4.51. The van der Waals surface area contributed by atoms with Crippen molar-refractivity contribution in [1.29, 1.82) is 0 Å². The van der Waals surface area contributed by atoms with Gasteiger partial charge in [0.2, 0.25) is 0 Å². The summed E-state index contributed by atoms with van der Waals surface area (Å²) in [6, 6.07) is 7.82. The molecule has 1 aromatic rings. The fourth-order valence-corrected chi connectivity index (χ4v) is 1.35. The van der Waals surface area contributed by atoms with Gasteiger partial charge in [0.1, 0.15) is 5.75 Å². The Labute approximate surface area is 93.2 Å². The van der Waals surface area contributed by atoms with Crippen molar-refractivity contribution >= 4 is 15.9 Å². The maximum atomic E-state index is 5.54. The Morgan fingerprint density at radius 1 is 1.57 bits per heavy atom. The molecule has 0 bridgehead atoms. The molecule has 0 saturated heterocycles. The summed E-state index contributed by atoms with van der Waals surface area (Å²) in [5.74, 6) is 0.885. The topological polar surface area (TPSA) is 9.23 Å². The molecule has 0 aliphatic heterocycles. The maximum absolute atomic E-state index is 5.54. The lowest BCUT2D eigenvalue weighted by atomic mass is 10.2. The minimum absolute atomic E-state index is 0.671. The molecule has 14 heavy (non-hydrogen) atoms. The van der Waals surface area contributed by atoms with Crippen LogP contribution in [0, 0.1) is 0 Å². The van der Waals surface area contributed by atoms with E-state index in [1.54, 1.807) is 0 Å². The van der Waals surface area contributed by atoms with E-state index < -0.39 is 0 Å². The van der Waals surface area contributed by atoms with E-state index in [0.29, 0.717) is 6.61 Å². The first-order chi connectivity index (χ1) is 6.72. The fraction of sp³-hybridized carbons (Fsp3) is 0.250. The maximum Gasteiger partial charge on any atom is 0.120 e. The van der Waals surface area contributed by atoms with E-state index in [2.05, 4.69) is 28.2 Å². The quantitative estimate of drug-likeness (QED) is 0.738. The van der Waals surface area contributed by atoms with Crippen molar-refractivity contribution in [2.24, 2.45) is 0 Å². The van der Waals surface area contributed by atoms with Gasteiger partial charge in [0.15, 0.2) is 0 Å². The molecule has 0 aliphatic carbocycles. The van der Waals surface area contributed by atoms with Crippen molar-refractivity contribution in [1.82, 2.24) is 0 Å². The van der Waals surface area contributed by atoms with Crippen LogP contribution in [0.25, 0.3) is 0 Å². The zero-order valence-electron chi connectivity index (χ0n) is 8.22.